The number of halogens is 2. The molecule has 1 aromatic carbocycles. The maximum absolute atomic E-state index is 14.0. The Morgan fingerprint density at radius 2 is 2.07 bits per heavy atom. The lowest BCUT2D eigenvalue weighted by atomic mass is 10.1. The van der Waals surface area contributed by atoms with E-state index in [4.69, 9.17) is 17.3 Å². The van der Waals surface area contributed by atoms with E-state index in [1.54, 1.807) is 36.8 Å². The fraction of sp³-hybridized carbons (Fsp3) is 0.0526. The number of amides is 1. The molecule has 0 radical (unpaired) electrons. The highest BCUT2D eigenvalue weighted by molar-refractivity contribution is 6.30. The van der Waals surface area contributed by atoms with Crippen molar-refractivity contribution in [1.29, 1.82) is 0 Å². The predicted octanol–water partition coefficient (Wildman–Crippen LogP) is 3.43. The van der Waals surface area contributed by atoms with Crippen molar-refractivity contribution in [2.24, 2.45) is 5.73 Å². The molecule has 1 amide bonds. The van der Waals surface area contributed by atoms with Gasteiger partial charge in [0.2, 0.25) is 0 Å². The summed E-state index contributed by atoms with van der Waals surface area (Å²) in [6.07, 6.45) is 6.66. The topological polar surface area (TPSA) is 86.7 Å². The first-order valence-electron chi connectivity index (χ1n) is 8.03. The Bertz CT molecular complexity index is 1160. The maximum atomic E-state index is 14.0. The Morgan fingerprint density at radius 1 is 1.22 bits per heavy atom. The lowest BCUT2D eigenvalue weighted by Crippen LogP contribution is -2.13. The van der Waals surface area contributed by atoms with Crippen LogP contribution in [0.5, 0.6) is 0 Å². The highest BCUT2D eigenvalue weighted by Gasteiger charge is 2.15. The minimum absolute atomic E-state index is 0.0520. The normalized spacial score (nSPS) is 11.0. The van der Waals surface area contributed by atoms with E-state index in [2.05, 4.69) is 15.0 Å². The molecule has 2 N–H and O–H groups in total. The molecule has 0 aliphatic carbocycles. The third-order valence-corrected chi connectivity index (χ3v) is 4.46. The number of pyridine rings is 1. The smallest absolute Gasteiger partial charge is 0.267 e. The summed E-state index contributed by atoms with van der Waals surface area (Å²) in [4.78, 5) is 24.2. The molecule has 0 saturated carbocycles. The van der Waals surface area contributed by atoms with Crippen molar-refractivity contribution in [3.8, 4) is 11.1 Å². The molecule has 0 bridgehead atoms. The van der Waals surface area contributed by atoms with E-state index in [9.17, 15) is 9.18 Å². The molecule has 0 unspecified atom stereocenters. The van der Waals surface area contributed by atoms with Crippen LogP contribution >= 0.6 is 11.6 Å². The number of hydrogen-bond donors (Lipinski definition) is 1. The number of nitrogens with zero attached hydrogens (tertiary/aromatic N) is 4. The molecule has 3 aromatic heterocycles. The first-order chi connectivity index (χ1) is 13.0. The number of benzene rings is 1. The van der Waals surface area contributed by atoms with Crippen LogP contribution in [0.1, 0.15) is 16.2 Å². The Balaban J connectivity index is 1.91. The Hall–Kier alpha value is -3.32. The second-order valence-electron chi connectivity index (χ2n) is 5.93. The SMILES string of the molecule is NC(=O)c1ccc2c(-c3ccc(Cl)c(F)c3)cn(Cc3cnccn3)c2n1. The Kier molecular flexibility index (Phi) is 4.29. The van der Waals surface area contributed by atoms with Crippen LogP contribution in [-0.4, -0.2) is 25.4 Å². The average Bonchev–Trinajstić information content (AvgIpc) is 3.02. The van der Waals surface area contributed by atoms with Gasteiger partial charge in [-0.3, -0.25) is 14.8 Å². The minimum atomic E-state index is -0.622. The van der Waals surface area contributed by atoms with Crippen molar-refractivity contribution in [2.75, 3.05) is 0 Å². The van der Waals surface area contributed by atoms with Crippen molar-refractivity contribution >= 4 is 28.5 Å². The second kappa shape index (κ2) is 6.77. The number of rotatable bonds is 4. The van der Waals surface area contributed by atoms with Gasteiger partial charge in [0.25, 0.3) is 5.91 Å². The van der Waals surface area contributed by atoms with E-state index in [1.807, 2.05) is 10.8 Å². The van der Waals surface area contributed by atoms with Gasteiger partial charge in [0.15, 0.2) is 0 Å². The van der Waals surface area contributed by atoms with Gasteiger partial charge >= 0.3 is 0 Å². The van der Waals surface area contributed by atoms with Gasteiger partial charge in [0, 0.05) is 29.5 Å². The molecule has 134 valence electrons. The Labute approximate surface area is 158 Å². The van der Waals surface area contributed by atoms with Crippen molar-refractivity contribution in [1.82, 2.24) is 19.5 Å². The van der Waals surface area contributed by atoms with E-state index < -0.39 is 11.7 Å². The first-order valence-corrected chi connectivity index (χ1v) is 8.41. The number of primary amides is 1. The quantitative estimate of drug-likeness (QED) is 0.586. The summed E-state index contributed by atoms with van der Waals surface area (Å²) in [5.74, 6) is -1.13. The van der Waals surface area contributed by atoms with Crippen molar-refractivity contribution in [3.63, 3.8) is 0 Å². The third kappa shape index (κ3) is 3.24. The van der Waals surface area contributed by atoms with Crippen LogP contribution in [0.4, 0.5) is 4.39 Å². The van der Waals surface area contributed by atoms with Crippen LogP contribution < -0.4 is 5.73 Å². The fourth-order valence-electron chi connectivity index (χ4n) is 2.90. The number of nitrogens with two attached hydrogens (primary N) is 1. The lowest BCUT2D eigenvalue weighted by Gasteiger charge is -2.04. The molecular weight excluding hydrogens is 369 g/mol. The summed E-state index contributed by atoms with van der Waals surface area (Å²) in [5, 5.41) is 0.807. The molecule has 0 spiro atoms. The largest absolute Gasteiger partial charge is 0.364 e. The molecule has 27 heavy (non-hydrogen) atoms. The Morgan fingerprint density at radius 3 is 2.78 bits per heavy atom. The molecule has 0 atom stereocenters. The predicted molar refractivity (Wildman–Crippen MR) is 99.8 cm³/mol. The molecule has 0 aliphatic rings. The van der Waals surface area contributed by atoms with Crippen LogP contribution in [0, 0.1) is 5.82 Å². The summed E-state index contributed by atoms with van der Waals surface area (Å²) >= 11 is 5.80. The van der Waals surface area contributed by atoms with E-state index >= 15 is 0 Å². The zero-order chi connectivity index (χ0) is 19.0. The van der Waals surface area contributed by atoms with Crippen molar-refractivity contribution in [3.05, 3.63) is 77.3 Å². The monoisotopic (exact) mass is 381 g/mol. The number of hydrogen-bond acceptors (Lipinski definition) is 4. The van der Waals surface area contributed by atoms with E-state index in [0.29, 0.717) is 17.8 Å². The minimum Gasteiger partial charge on any atom is -0.364 e. The zero-order valence-electron chi connectivity index (χ0n) is 13.9. The highest BCUT2D eigenvalue weighted by Crippen LogP contribution is 2.32. The second-order valence-corrected chi connectivity index (χ2v) is 6.34. The van der Waals surface area contributed by atoms with Crippen LogP contribution in [-0.2, 0) is 6.54 Å². The highest BCUT2D eigenvalue weighted by atomic mass is 35.5. The molecule has 3 heterocycles. The lowest BCUT2D eigenvalue weighted by molar-refractivity contribution is 0.0996. The maximum Gasteiger partial charge on any atom is 0.267 e. The van der Waals surface area contributed by atoms with Gasteiger partial charge in [-0.25, -0.2) is 9.37 Å². The van der Waals surface area contributed by atoms with Crippen molar-refractivity contribution < 1.29 is 9.18 Å². The number of aromatic nitrogens is 4. The molecule has 4 aromatic rings. The number of fused-ring (bicyclic) bond motifs is 1. The standard InChI is InChI=1S/C19H13ClFN5O/c20-15-3-1-11(7-16(15)21)14-10-26(9-12-8-23-5-6-24-12)19-13(14)2-4-17(25-19)18(22)27/h1-8,10H,9H2,(H2,22,27). The van der Waals surface area contributed by atoms with Gasteiger partial charge in [-0.1, -0.05) is 17.7 Å². The van der Waals surface area contributed by atoms with Crippen LogP contribution in [0.15, 0.2) is 55.1 Å². The van der Waals surface area contributed by atoms with E-state index in [0.717, 1.165) is 16.6 Å². The van der Waals surface area contributed by atoms with Crippen molar-refractivity contribution in [2.45, 2.75) is 6.54 Å². The summed E-state index contributed by atoms with van der Waals surface area (Å²) in [7, 11) is 0. The molecule has 8 heteroatoms. The number of carbonyl (C=O) groups is 1. The van der Waals surface area contributed by atoms with Gasteiger partial charge in [-0.05, 0) is 29.8 Å². The average molecular weight is 382 g/mol. The molecule has 0 aliphatic heterocycles. The van der Waals surface area contributed by atoms with Gasteiger partial charge in [0.05, 0.1) is 23.5 Å². The molecule has 4 rings (SSSR count). The molecule has 6 nitrogen and oxygen atoms in total. The molecule has 0 saturated heterocycles. The van der Waals surface area contributed by atoms with E-state index in [-0.39, 0.29) is 10.7 Å². The van der Waals surface area contributed by atoms with Gasteiger partial charge in [-0.2, -0.15) is 0 Å². The van der Waals surface area contributed by atoms with Gasteiger partial charge in [-0.15, -0.1) is 0 Å². The summed E-state index contributed by atoms with van der Waals surface area (Å²) in [6, 6.07) is 7.90. The van der Waals surface area contributed by atoms with Crippen LogP contribution in [0.25, 0.3) is 22.2 Å². The van der Waals surface area contributed by atoms with Crippen LogP contribution in [0.2, 0.25) is 5.02 Å². The van der Waals surface area contributed by atoms with E-state index in [1.165, 1.54) is 12.1 Å². The molecular formula is C19H13ClFN5O. The summed E-state index contributed by atoms with van der Waals surface area (Å²) < 4.78 is 15.8. The van der Waals surface area contributed by atoms with Gasteiger partial charge in [0.1, 0.15) is 17.2 Å². The fourth-order valence-corrected chi connectivity index (χ4v) is 3.02. The zero-order valence-corrected chi connectivity index (χ0v) is 14.7. The molecule has 0 fully saturated rings. The number of carbonyl (C=O) groups excluding carboxylic acids is 1. The van der Waals surface area contributed by atoms with Gasteiger partial charge < -0.3 is 10.3 Å². The first kappa shape index (κ1) is 17.1. The summed E-state index contributed by atoms with van der Waals surface area (Å²) in [5.41, 5.74) is 8.18. The third-order valence-electron chi connectivity index (χ3n) is 4.15. The van der Waals surface area contributed by atoms with Crippen LogP contribution in [0.3, 0.4) is 0 Å². The summed E-state index contributed by atoms with van der Waals surface area (Å²) in [6.45, 7) is 0.385.